The third-order valence-corrected chi connectivity index (χ3v) is 4.62. The van der Waals surface area contributed by atoms with Gasteiger partial charge in [-0.2, -0.15) is 0 Å². The molecule has 0 amide bonds. The van der Waals surface area contributed by atoms with E-state index in [2.05, 4.69) is 52.8 Å². The van der Waals surface area contributed by atoms with Gasteiger partial charge in [0.05, 0.1) is 13.2 Å². The predicted molar refractivity (Wildman–Crippen MR) is 91.7 cm³/mol. The molecule has 1 aliphatic rings. The standard InChI is InChI=1S/C18H26N4O/c1-13-9-15(10-14(2)17(13)23-4)12-22-8-5-19-11-16(22)18-20-6-7-21(18)3/h6-7,9-10,16,19H,5,8,11-12H2,1-4H3. The molecule has 1 atom stereocenters. The molecule has 2 aromatic rings. The third-order valence-electron chi connectivity index (χ3n) is 4.62. The van der Waals surface area contributed by atoms with Gasteiger partial charge in [-0.05, 0) is 30.5 Å². The highest BCUT2D eigenvalue weighted by Gasteiger charge is 2.26. The van der Waals surface area contributed by atoms with Crippen molar-refractivity contribution in [2.45, 2.75) is 26.4 Å². The molecule has 3 rings (SSSR count). The molecule has 2 heterocycles. The lowest BCUT2D eigenvalue weighted by molar-refractivity contribution is 0.144. The summed E-state index contributed by atoms with van der Waals surface area (Å²) in [5.41, 5.74) is 3.74. The highest BCUT2D eigenvalue weighted by atomic mass is 16.5. The van der Waals surface area contributed by atoms with Crippen molar-refractivity contribution in [3.63, 3.8) is 0 Å². The van der Waals surface area contributed by atoms with Crippen molar-refractivity contribution in [2.75, 3.05) is 26.7 Å². The average Bonchev–Trinajstić information content (AvgIpc) is 2.93. The first-order chi connectivity index (χ1) is 11.1. The molecule has 1 saturated heterocycles. The molecule has 1 N–H and O–H groups in total. The molecule has 1 fully saturated rings. The molecule has 0 radical (unpaired) electrons. The zero-order valence-electron chi connectivity index (χ0n) is 14.5. The van der Waals surface area contributed by atoms with E-state index >= 15 is 0 Å². The Kier molecular flexibility index (Phi) is 4.68. The molecular formula is C18H26N4O. The molecule has 5 heteroatoms. The molecule has 1 aromatic carbocycles. The maximum Gasteiger partial charge on any atom is 0.127 e. The largest absolute Gasteiger partial charge is 0.496 e. The minimum atomic E-state index is 0.312. The molecule has 0 spiro atoms. The Balaban J connectivity index is 1.84. The van der Waals surface area contributed by atoms with E-state index < -0.39 is 0 Å². The maximum atomic E-state index is 5.48. The molecule has 1 aliphatic heterocycles. The van der Waals surface area contributed by atoms with Gasteiger partial charge < -0.3 is 14.6 Å². The van der Waals surface area contributed by atoms with Crippen LogP contribution >= 0.6 is 0 Å². The zero-order chi connectivity index (χ0) is 16.4. The monoisotopic (exact) mass is 314 g/mol. The molecule has 23 heavy (non-hydrogen) atoms. The Bertz CT molecular complexity index is 656. The Morgan fingerprint density at radius 3 is 2.65 bits per heavy atom. The minimum Gasteiger partial charge on any atom is -0.496 e. The number of hydrogen-bond acceptors (Lipinski definition) is 4. The Morgan fingerprint density at radius 1 is 1.30 bits per heavy atom. The number of rotatable bonds is 4. The van der Waals surface area contributed by atoms with E-state index in [0.717, 1.165) is 37.8 Å². The molecule has 0 bridgehead atoms. The van der Waals surface area contributed by atoms with Crippen LogP contribution in [0.25, 0.3) is 0 Å². The summed E-state index contributed by atoms with van der Waals surface area (Å²) >= 11 is 0. The molecule has 0 saturated carbocycles. The fourth-order valence-corrected chi connectivity index (χ4v) is 3.58. The number of imidazole rings is 1. The van der Waals surface area contributed by atoms with Crippen LogP contribution in [0.3, 0.4) is 0 Å². The molecule has 1 unspecified atom stereocenters. The summed E-state index contributed by atoms with van der Waals surface area (Å²) < 4.78 is 7.60. The van der Waals surface area contributed by atoms with E-state index in [4.69, 9.17) is 4.74 Å². The fourth-order valence-electron chi connectivity index (χ4n) is 3.58. The van der Waals surface area contributed by atoms with Crippen LogP contribution < -0.4 is 10.1 Å². The lowest BCUT2D eigenvalue weighted by Crippen LogP contribution is -2.46. The van der Waals surface area contributed by atoms with Crippen LogP contribution in [0.5, 0.6) is 5.75 Å². The van der Waals surface area contributed by atoms with Gasteiger partial charge in [0.25, 0.3) is 0 Å². The van der Waals surface area contributed by atoms with Crippen molar-refractivity contribution < 1.29 is 4.74 Å². The van der Waals surface area contributed by atoms with Gasteiger partial charge in [0, 0.05) is 45.6 Å². The second-order valence-electron chi connectivity index (χ2n) is 6.35. The summed E-state index contributed by atoms with van der Waals surface area (Å²) in [5, 5.41) is 3.49. The van der Waals surface area contributed by atoms with E-state index in [9.17, 15) is 0 Å². The summed E-state index contributed by atoms with van der Waals surface area (Å²) in [6.45, 7) is 8.16. The van der Waals surface area contributed by atoms with E-state index in [1.807, 2.05) is 12.4 Å². The fraction of sp³-hybridized carbons (Fsp3) is 0.500. The van der Waals surface area contributed by atoms with Gasteiger partial charge in [-0.15, -0.1) is 0 Å². The van der Waals surface area contributed by atoms with Gasteiger partial charge >= 0.3 is 0 Å². The quantitative estimate of drug-likeness (QED) is 0.939. The number of hydrogen-bond donors (Lipinski definition) is 1. The SMILES string of the molecule is COc1c(C)cc(CN2CCNCC2c2nccn2C)cc1C. The van der Waals surface area contributed by atoms with E-state index in [-0.39, 0.29) is 0 Å². The highest BCUT2D eigenvalue weighted by molar-refractivity contribution is 5.43. The number of benzene rings is 1. The van der Waals surface area contributed by atoms with Crippen molar-refractivity contribution in [2.24, 2.45) is 7.05 Å². The number of piperazine rings is 1. The van der Waals surface area contributed by atoms with Crippen LogP contribution in [-0.2, 0) is 13.6 Å². The van der Waals surface area contributed by atoms with Gasteiger partial charge in [-0.1, -0.05) is 12.1 Å². The predicted octanol–water partition coefficient (Wildman–Crippen LogP) is 2.19. The van der Waals surface area contributed by atoms with E-state index in [1.54, 1.807) is 7.11 Å². The Hall–Kier alpha value is -1.85. The molecule has 1 aromatic heterocycles. The summed E-state index contributed by atoms with van der Waals surface area (Å²) in [5.74, 6) is 2.12. The number of nitrogens with one attached hydrogen (secondary N) is 1. The molecular weight excluding hydrogens is 288 g/mol. The summed E-state index contributed by atoms with van der Waals surface area (Å²) in [4.78, 5) is 7.07. The Morgan fingerprint density at radius 2 is 2.04 bits per heavy atom. The zero-order valence-corrected chi connectivity index (χ0v) is 14.5. The van der Waals surface area contributed by atoms with Crippen LogP contribution in [0.2, 0.25) is 0 Å². The van der Waals surface area contributed by atoms with Gasteiger partial charge in [0.1, 0.15) is 11.6 Å². The van der Waals surface area contributed by atoms with E-state index in [0.29, 0.717) is 6.04 Å². The number of methoxy groups -OCH3 is 1. The highest BCUT2D eigenvalue weighted by Crippen LogP contribution is 2.27. The van der Waals surface area contributed by atoms with Gasteiger partial charge in [0.2, 0.25) is 0 Å². The summed E-state index contributed by atoms with van der Waals surface area (Å²) in [7, 11) is 3.80. The number of aromatic nitrogens is 2. The van der Waals surface area contributed by atoms with Crippen LogP contribution in [0, 0.1) is 13.8 Å². The maximum absolute atomic E-state index is 5.48. The van der Waals surface area contributed by atoms with Gasteiger partial charge in [-0.3, -0.25) is 4.90 Å². The minimum absolute atomic E-state index is 0.312. The van der Waals surface area contributed by atoms with Crippen LogP contribution in [0.4, 0.5) is 0 Å². The summed E-state index contributed by atoms with van der Waals surface area (Å²) in [6, 6.07) is 4.79. The Labute approximate surface area is 138 Å². The van der Waals surface area contributed by atoms with Crippen molar-refractivity contribution in [3.8, 4) is 5.75 Å². The normalized spacial score (nSPS) is 19.0. The van der Waals surface area contributed by atoms with E-state index in [1.165, 1.54) is 16.7 Å². The second-order valence-corrected chi connectivity index (χ2v) is 6.35. The number of aryl methyl sites for hydroxylation is 3. The third kappa shape index (κ3) is 3.26. The summed E-state index contributed by atoms with van der Waals surface area (Å²) in [6.07, 6.45) is 3.90. The first-order valence-electron chi connectivity index (χ1n) is 8.16. The number of ether oxygens (including phenoxy) is 1. The van der Waals surface area contributed by atoms with Crippen LogP contribution in [-0.4, -0.2) is 41.2 Å². The first kappa shape index (κ1) is 16.0. The molecule has 0 aliphatic carbocycles. The smallest absolute Gasteiger partial charge is 0.127 e. The molecule has 124 valence electrons. The van der Waals surface area contributed by atoms with Crippen molar-refractivity contribution >= 4 is 0 Å². The first-order valence-corrected chi connectivity index (χ1v) is 8.16. The van der Waals surface area contributed by atoms with Crippen LogP contribution in [0.15, 0.2) is 24.5 Å². The molecule has 5 nitrogen and oxygen atoms in total. The van der Waals surface area contributed by atoms with Crippen molar-refractivity contribution in [1.82, 2.24) is 19.8 Å². The van der Waals surface area contributed by atoms with Crippen molar-refractivity contribution in [3.05, 3.63) is 47.0 Å². The van der Waals surface area contributed by atoms with Crippen LogP contribution in [0.1, 0.15) is 28.6 Å². The van der Waals surface area contributed by atoms with Gasteiger partial charge in [0.15, 0.2) is 0 Å². The second kappa shape index (κ2) is 6.72. The topological polar surface area (TPSA) is 42.3 Å². The average molecular weight is 314 g/mol. The van der Waals surface area contributed by atoms with Gasteiger partial charge in [-0.25, -0.2) is 4.98 Å². The lowest BCUT2D eigenvalue weighted by Gasteiger charge is -2.36. The van der Waals surface area contributed by atoms with Crippen molar-refractivity contribution in [1.29, 1.82) is 0 Å². The lowest BCUT2D eigenvalue weighted by atomic mass is 10.0. The number of nitrogens with zero attached hydrogens (tertiary/aromatic N) is 3.